The maximum atomic E-state index is 13.2. The molecule has 3 fully saturated rings. The lowest BCUT2D eigenvalue weighted by atomic mass is 9.95. The Hall–Kier alpha value is -1.73. The van der Waals surface area contributed by atoms with Gasteiger partial charge in [0.25, 0.3) is 0 Å². The van der Waals surface area contributed by atoms with Gasteiger partial charge in [0.15, 0.2) is 0 Å². The van der Waals surface area contributed by atoms with Gasteiger partial charge in [0.2, 0.25) is 5.91 Å². The van der Waals surface area contributed by atoms with Crippen LogP contribution in [0.4, 0.5) is 0 Å². The van der Waals surface area contributed by atoms with E-state index in [-0.39, 0.29) is 17.9 Å². The molecular formula is C28H43N5OS. The number of aryl methyl sites for hydroxylation is 1. The molecule has 0 radical (unpaired) electrons. The van der Waals surface area contributed by atoms with E-state index in [0.717, 1.165) is 43.4 Å². The van der Waals surface area contributed by atoms with Gasteiger partial charge in [0.1, 0.15) is 11.6 Å². The molecule has 1 N–H and O–H groups in total. The molecule has 2 aromatic rings. The van der Waals surface area contributed by atoms with Crippen molar-refractivity contribution in [2.24, 2.45) is 11.8 Å². The fourth-order valence-corrected chi connectivity index (χ4v) is 7.89. The van der Waals surface area contributed by atoms with Gasteiger partial charge in [-0.25, -0.2) is 0 Å². The SMILES string of the molecule is CCC1CCC(C(=O)N[C@@H](CCN2C3CCC2CC(n2c(C)nnc2C(C)C)C3)c2cccs2)C1. The van der Waals surface area contributed by atoms with Crippen molar-refractivity contribution in [3.05, 3.63) is 34.0 Å². The van der Waals surface area contributed by atoms with Gasteiger partial charge in [-0.05, 0) is 75.7 Å². The standard InChI is InChI=1S/C28H43N5OS/c1-5-20-8-9-21(15-20)28(34)29-25(26-7-6-14-35-26)12-13-32-22-10-11-23(32)17-24(16-22)33-19(4)30-31-27(33)18(2)3/h6-7,14,18,20-25H,5,8-13,15-17H2,1-4H3,(H,29,34)/t20?,21?,22?,23?,24?,25-/m0/s1. The Kier molecular flexibility index (Phi) is 7.63. The molecule has 1 aliphatic carbocycles. The number of fused-ring (bicyclic) bond motifs is 2. The van der Waals surface area contributed by atoms with Crippen LogP contribution in [-0.2, 0) is 4.79 Å². The van der Waals surface area contributed by atoms with Gasteiger partial charge in [-0.2, -0.15) is 0 Å². The molecule has 6 nitrogen and oxygen atoms in total. The Balaban J connectivity index is 1.23. The number of rotatable bonds is 9. The lowest BCUT2D eigenvalue weighted by Crippen LogP contribution is -2.45. The minimum atomic E-state index is 0.132. The Morgan fingerprint density at radius 2 is 1.89 bits per heavy atom. The van der Waals surface area contributed by atoms with Crippen LogP contribution in [0.25, 0.3) is 0 Å². The van der Waals surface area contributed by atoms with Crippen LogP contribution in [0.15, 0.2) is 17.5 Å². The van der Waals surface area contributed by atoms with Crippen molar-refractivity contribution < 1.29 is 4.79 Å². The summed E-state index contributed by atoms with van der Waals surface area (Å²) in [5.74, 6) is 3.81. The second-order valence-electron chi connectivity index (χ2n) is 11.5. The Morgan fingerprint density at radius 1 is 1.11 bits per heavy atom. The van der Waals surface area contributed by atoms with E-state index < -0.39 is 0 Å². The topological polar surface area (TPSA) is 63.1 Å². The number of amides is 1. The molecule has 2 aliphatic heterocycles. The number of aromatic nitrogens is 3. The first-order valence-electron chi connectivity index (χ1n) is 14.0. The van der Waals surface area contributed by atoms with E-state index in [9.17, 15) is 4.79 Å². The Bertz CT molecular complexity index is 972. The van der Waals surface area contributed by atoms with Crippen LogP contribution in [0.2, 0.25) is 0 Å². The fraction of sp³-hybridized carbons (Fsp3) is 0.750. The number of hydrogen-bond acceptors (Lipinski definition) is 5. The van der Waals surface area contributed by atoms with Crippen molar-refractivity contribution in [2.45, 2.75) is 116 Å². The summed E-state index contributed by atoms with van der Waals surface area (Å²) in [6.45, 7) is 9.86. The van der Waals surface area contributed by atoms with Crippen LogP contribution in [0.5, 0.6) is 0 Å². The molecule has 1 amide bonds. The zero-order valence-electron chi connectivity index (χ0n) is 21.9. The molecule has 4 heterocycles. The van der Waals surface area contributed by atoms with E-state index in [0.29, 0.717) is 24.0 Å². The highest BCUT2D eigenvalue weighted by Gasteiger charge is 2.42. The molecular weight excluding hydrogens is 454 g/mol. The third-order valence-corrected chi connectivity index (χ3v) is 9.99. The first-order valence-corrected chi connectivity index (χ1v) is 14.8. The predicted molar refractivity (Wildman–Crippen MR) is 142 cm³/mol. The largest absolute Gasteiger partial charge is 0.348 e. The zero-order chi connectivity index (χ0) is 24.5. The quantitative estimate of drug-likeness (QED) is 0.461. The van der Waals surface area contributed by atoms with Gasteiger partial charge in [-0.15, -0.1) is 21.5 Å². The Morgan fingerprint density at radius 3 is 2.51 bits per heavy atom. The number of thiophene rings is 1. The first-order chi connectivity index (χ1) is 16.9. The second-order valence-corrected chi connectivity index (χ2v) is 12.5. The number of carbonyl (C=O) groups is 1. The summed E-state index contributed by atoms with van der Waals surface area (Å²) >= 11 is 1.78. The molecule has 35 heavy (non-hydrogen) atoms. The van der Waals surface area contributed by atoms with Crippen molar-refractivity contribution in [3.8, 4) is 0 Å². The van der Waals surface area contributed by atoms with Crippen LogP contribution in [0.3, 0.4) is 0 Å². The number of piperidine rings is 1. The highest BCUT2D eigenvalue weighted by Crippen LogP contribution is 2.42. The van der Waals surface area contributed by atoms with E-state index in [1.807, 2.05) is 0 Å². The van der Waals surface area contributed by atoms with Crippen molar-refractivity contribution in [1.82, 2.24) is 25.0 Å². The van der Waals surface area contributed by atoms with E-state index in [1.54, 1.807) is 11.3 Å². The van der Waals surface area contributed by atoms with Crippen LogP contribution >= 0.6 is 11.3 Å². The monoisotopic (exact) mass is 497 g/mol. The van der Waals surface area contributed by atoms with Crippen LogP contribution in [0, 0.1) is 18.8 Å². The summed E-state index contributed by atoms with van der Waals surface area (Å²) < 4.78 is 2.44. The first kappa shape index (κ1) is 24.9. The van der Waals surface area contributed by atoms with E-state index >= 15 is 0 Å². The Labute approximate surface area is 214 Å². The summed E-state index contributed by atoms with van der Waals surface area (Å²) in [5, 5.41) is 14.5. The smallest absolute Gasteiger partial charge is 0.223 e. The van der Waals surface area contributed by atoms with Gasteiger partial charge in [-0.1, -0.05) is 33.3 Å². The highest BCUT2D eigenvalue weighted by molar-refractivity contribution is 7.10. The van der Waals surface area contributed by atoms with Gasteiger partial charge in [0.05, 0.1) is 6.04 Å². The van der Waals surface area contributed by atoms with Crippen LogP contribution < -0.4 is 5.32 Å². The minimum Gasteiger partial charge on any atom is -0.348 e. The number of carbonyl (C=O) groups excluding carboxylic acids is 1. The summed E-state index contributed by atoms with van der Waals surface area (Å²) in [6, 6.07) is 6.21. The van der Waals surface area contributed by atoms with Crippen LogP contribution in [0.1, 0.15) is 113 Å². The van der Waals surface area contributed by atoms with Crippen molar-refractivity contribution in [1.29, 1.82) is 0 Å². The zero-order valence-corrected chi connectivity index (χ0v) is 22.8. The lowest BCUT2D eigenvalue weighted by molar-refractivity contribution is -0.125. The molecule has 5 atom stereocenters. The van der Waals surface area contributed by atoms with Gasteiger partial charge < -0.3 is 9.88 Å². The molecule has 0 aromatic carbocycles. The second kappa shape index (κ2) is 10.7. The molecule has 2 aromatic heterocycles. The predicted octanol–water partition coefficient (Wildman–Crippen LogP) is 6.01. The van der Waals surface area contributed by atoms with Gasteiger partial charge in [-0.3, -0.25) is 9.69 Å². The third kappa shape index (κ3) is 5.22. The van der Waals surface area contributed by atoms with Gasteiger partial charge >= 0.3 is 0 Å². The molecule has 2 saturated heterocycles. The number of nitrogens with zero attached hydrogens (tertiary/aromatic N) is 4. The summed E-state index contributed by atoms with van der Waals surface area (Å²) in [7, 11) is 0. The molecule has 0 spiro atoms. The summed E-state index contributed by atoms with van der Waals surface area (Å²) in [5.41, 5.74) is 0. The van der Waals surface area contributed by atoms with Crippen molar-refractivity contribution >= 4 is 17.2 Å². The van der Waals surface area contributed by atoms with E-state index in [4.69, 9.17) is 0 Å². The maximum absolute atomic E-state index is 13.2. The van der Waals surface area contributed by atoms with E-state index in [1.165, 1.54) is 43.4 Å². The lowest BCUT2D eigenvalue weighted by Gasteiger charge is -2.40. The summed E-state index contributed by atoms with van der Waals surface area (Å²) in [4.78, 5) is 17.2. The third-order valence-electron chi connectivity index (χ3n) is 9.00. The molecule has 1 saturated carbocycles. The van der Waals surface area contributed by atoms with Gasteiger partial charge in [0, 0.05) is 41.4 Å². The van der Waals surface area contributed by atoms with Crippen LogP contribution in [-0.4, -0.2) is 44.2 Å². The minimum absolute atomic E-state index is 0.132. The normalized spacial score (nSPS) is 29.7. The van der Waals surface area contributed by atoms with Crippen molar-refractivity contribution in [3.63, 3.8) is 0 Å². The molecule has 4 unspecified atom stereocenters. The molecule has 2 bridgehead atoms. The average molecular weight is 498 g/mol. The number of hydrogen-bond donors (Lipinski definition) is 1. The molecule has 192 valence electrons. The average Bonchev–Trinajstić information content (AvgIpc) is 3.63. The number of nitrogens with one attached hydrogen (secondary N) is 1. The summed E-state index contributed by atoms with van der Waals surface area (Å²) in [6.07, 6.45) is 10.5. The van der Waals surface area contributed by atoms with E-state index in [2.05, 4.69) is 70.2 Å². The fourth-order valence-electron chi connectivity index (χ4n) is 7.08. The maximum Gasteiger partial charge on any atom is 0.223 e. The highest BCUT2D eigenvalue weighted by atomic mass is 32.1. The van der Waals surface area contributed by atoms with Crippen molar-refractivity contribution in [2.75, 3.05) is 6.54 Å². The molecule has 7 heteroatoms. The molecule has 3 aliphatic rings. The molecule has 5 rings (SSSR count).